The maximum absolute atomic E-state index is 7.92. The highest BCUT2D eigenvalue weighted by molar-refractivity contribution is 8.28. The van der Waals surface area contributed by atoms with Crippen LogP contribution >= 0.6 is 18.1 Å². The molecule has 3 aromatic heterocycles. The number of para-hydroxylation sites is 6. The van der Waals surface area contributed by atoms with E-state index in [4.69, 9.17) is 35.4 Å². The Labute approximate surface area is 488 Å². The van der Waals surface area contributed by atoms with Gasteiger partial charge in [0.15, 0.2) is 0 Å². The van der Waals surface area contributed by atoms with E-state index in [1.807, 2.05) is 0 Å². The van der Waals surface area contributed by atoms with Gasteiger partial charge in [-0.05, 0) is 88.7 Å². The second-order valence-electron chi connectivity index (χ2n) is 21.8. The second kappa shape index (κ2) is 17.2. The Balaban J connectivity index is 1.09. The molecule has 15 aromatic rings. The van der Waals surface area contributed by atoms with Crippen molar-refractivity contribution in [1.82, 2.24) is 13.7 Å². The molecule has 0 radical (unpaired) electrons. The summed E-state index contributed by atoms with van der Waals surface area (Å²) in [6.45, 7) is 0. The van der Waals surface area contributed by atoms with Crippen LogP contribution in [-0.4, -0.2) is 13.7 Å². The Morgan fingerprint density at radius 1 is 0.220 bits per heavy atom. The van der Waals surface area contributed by atoms with Gasteiger partial charge in [0, 0.05) is 99.3 Å². The highest BCUT2D eigenvalue weighted by Gasteiger charge is 2.53. The Morgan fingerprint density at radius 3 is 0.610 bits per heavy atom. The molecule has 0 spiro atoms. The molecule has 18 rings (SSSR count). The van der Waals surface area contributed by atoms with Crippen LogP contribution in [0.15, 0.2) is 273 Å². The summed E-state index contributed by atoms with van der Waals surface area (Å²) >= 11 is 23.8. The number of nitrogens with zero attached hydrogens (tertiary/aromatic N) is 4. The minimum Gasteiger partial charge on any atom is -0.309 e. The van der Waals surface area contributed by atoms with Gasteiger partial charge in [-0.1, -0.05) is 236 Å². The first-order chi connectivity index (χ1) is 40.3. The molecule has 0 saturated carbocycles. The van der Waals surface area contributed by atoms with Crippen LogP contribution < -0.4 is 52.6 Å². The highest BCUT2D eigenvalue weighted by atomic mass is 32.4. The van der Waals surface area contributed by atoms with E-state index >= 15 is 0 Å². The van der Waals surface area contributed by atoms with Gasteiger partial charge in [-0.2, -0.15) is 0 Å². The molecule has 4 nitrogen and oxygen atoms in total. The molecule has 0 N–H and O–H groups in total. The van der Waals surface area contributed by atoms with E-state index in [9.17, 15) is 0 Å². The molecule has 0 fully saturated rings. The molecule has 3 aliphatic rings. The van der Waals surface area contributed by atoms with Crippen LogP contribution in [-0.2, 0) is 35.4 Å². The first kappa shape index (κ1) is 47.4. The van der Waals surface area contributed by atoms with Crippen LogP contribution in [0.3, 0.4) is 0 Å². The molecule has 0 aliphatic carbocycles. The Hall–Kier alpha value is -8.21. The Kier molecular flexibility index (Phi) is 9.93. The van der Waals surface area contributed by atoms with Crippen LogP contribution in [0.5, 0.6) is 0 Å². The first-order valence-electron chi connectivity index (χ1n) is 27.7. The fraction of sp³-hybridized carbons (Fsp3) is 0. The minimum absolute atomic E-state index is 1.05. The predicted octanol–water partition coefficient (Wildman–Crippen LogP) is 14.7. The lowest BCUT2D eigenvalue weighted by Crippen LogP contribution is -2.53. The molecule has 386 valence electrons. The lowest BCUT2D eigenvalue weighted by molar-refractivity contribution is 1.17. The SMILES string of the molecule is S=P1(c2ccccc2)c2cc(-n3c4ccccc4c4ccccc43)cc3c2N2c4c1cc(-n1c5ccccc5c5ccccc51)cc4P(=S)(c1ccccc1)c1cc(-n4c5ccccc5c5ccccc54)cc(c12)P3(=S)c1ccccc1. The van der Waals surface area contributed by atoms with Gasteiger partial charge in [0.05, 0.1) is 50.2 Å². The summed E-state index contributed by atoms with van der Waals surface area (Å²) in [5, 5.41) is 17.5. The highest BCUT2D eigenvalue weighted by Crippen LogP contribution is 2.66. The molecule has 12 aromatic carbocycles. The van der Waals surface area contributed by atoms with Crippen LogP contribution in [0.1, 0.15) is 0 Å². The Bertz CT molecular complexity index is 4680. The average Bonchev–Trinajstić information content (AvgIpc) is 0.982. The smallest absolute Gasteiger partial charge is 0.0645 e. The summed E-state index contributed by atoms with van der Waals surface area (Å²) < 4.78 is 7.44. The van der Waals surface area contributed by atoms with Crippen molar-refractivity contribution in [2.24, 2.45) is 0 Å². The van der Waals surface area contributed by atoms with Crippen molar-refractivity contribution in [2.45, 2.75) is 0 Å². The molecule has 0 atom stereocenters. The third-order valence-corrected chi connectivity index (χ3v) is 32.4. The van der Waals surface area contributed by atoms with Crippen molar-refractivity contribution in [3.8, 4) is 17.1 Å². The van der Waals surface area contributed by atoms with E-state index in [1.165, 1.54) is 32.3 Å². The van der Waals surface area contributed by atoms with E-state index in [0.29, 0.717) is 0 Å². The minimum atomic E-state index is -3.09. The molecular formula is C72H45N4P3S3. The maximum Gasteiger partial charge on any atom is 0.0645 e. The molecule has 0 unspecified atom stereocenters. The predicted molar refractivity (Wildman–Crippen MR) is 363 cm³/mol. The van der Waals surface area contributed by atoms with Gasteiger partial charge in [-0.15, -0.1) is 0 Å². The fourth-order valence-corrected chi connectivity index (χ4v) is 27.4. The summed E-state index contributed by atoms with van der Waals surface area (Å²) in [6.07, 6.45) is 0. The van der Waals surface area contributed by atoms with Crippen LogP contribution in [0.25, 0.3) is 82.5 Å². The van der Waals surface area contributed by atoms with Crippen molar-refractivity contribution >= 4 is 184 Å². The van der Waals surface area contributed by atoms with Gasteiger partial charge >= 0.3 is 0 Å². The molecule has 0 saturated heterocycles. The summed E-state index contributed by atoms with van der Waals surface area (Å²) in [7, 11) is 0. The van der Waals surface area contributed by atoms with Gasteiger partial charge in [0.2, 0.25) is 0 Å². The second-order valence-corrected chi connectivity index (χ2v) is 34.8. The van der Waals surface area contributed by atoms with Gasteiger partial charge in [-0.25, -0.2) is 0 Å². The van der Waals surface area contributed by atoms with Crippen molar-refractivity contribution < 1.29 is 0 Å². The lowest BCUT2D eigenvalue weighted by Gasteiger charge is -2.52. The molecule has 10 heteroatoms. The van der Waals surface area contributed by atoms with Gasteiger partial charge in [0.25, 0.3) is 0 Å². The topological polar surface area (TPSA) is 18.0 Å². The van der Waals surface area contributed by atoms with Crippen LogP contribution in [0.4, 0.5) is 17.1 Å². The van der Waals surface area contributed by atoms with E-state index in [-0.39, 0.29) is 0 Å². The van der Waals surface area contributed by atoms with Gasteiger partial charge < -0.3 is 18.6 Å². The molecule has 82 heavy (non-hydrogen) atoms. The zero-order valence-corrected chi connectivity index (χ0v) is 49.0. The van der Waals surface area contributed by atoms with E-state index in [2.05, 4.69) is 292 Å². The first-order valence-corrected chi connectivity index (χ1v) is 36.1. The zero-order chi connectivity index (χ0) is 54.2. The Morgan fingerprint density at radius 2 is 0.402 bits per heavy atom. The number of anilines is 3. The molecule has 0 bridgehead atoms. The lowest BCUT2D eigenvalue weighted by atomic mass is 10.1. The molecular weight excluding hydrogens is 1110 g/mol. The summed E-state index contributed by atoms with van der Waals surface area (Å²) in [4.78, 5) is 2.65. The van der Waals surface area contributed by atoms with E-state index in [1.54, 1.807) is 0 Å². The number of benzene rings is 12. The third-order valence-electron chi connectivity index (χ3n) is 17.7. The van der Waals surface area contributed by atoms with Crippen molar-refractivity contribution in [1.29, 1.82) is 0 Å². The summed E-state index contributed by atoms with van der Waals surface area (Å²) in [6, 6.07) is 91.8. The van der Waals surface area contributed by atoms with E-state index < -0.39 is 18.1 Å². The number of rotatable bonds is 6. The number of aromatic nitrogens is 3. The largest absolute Gasteiger partial charge is 0.309 e. The number of hydrogen-bond donors (Lipinski definition) is 0. The van der Waals surface area contributed by atoms with Crippen LogP contribution in [0.2, 0.25) is 0 Å². The van der Waals surface area contributed by atoms with Crippen LogP contribution in [0, 0.1) is 0 Å². The zero-order valence-electron chi connectivity index (χ0n) is 43.8. The van der Waals surface area contributed by atoms with Gasteiger partial charge in [0.1, 0.15) is 0 Å². The van der Waals surface area contributed by atoms with Crippen molar-refractivity contribution in [2.75, 3.05) is 4.90 Å². The molecule has 0 amide bonds. The quantitative estimate of drug-likeness (QED) is 0.154. The van der Waals surface area contributed by atoms with Crippen molar-refractivity contribution in [3.63, 3.8) is 0 Å². The normalized spacial score (nSPS) is 18.5. The third kappa shape index (κ3) is 6.05. The summed E-state index contributed by atoms with van der Waals surface area (Å²) in [5.41, 5.74) is 13.3. The average molecular weight is 1160 g/mol. The molecule has 3 aliphatic heterocycles. The number of hydrogen-bond acceptors (Lipinski definition) is 4. The standard InChI is InChI=1S/C72H45N4P3S3/c80-77(49-22-4-1-5-23-49)64-40-46(73-58-34-16-10-28-52(58)53-29-11-17-35-59(53)73)42-66-70(64)76-71-65(77)41-47(74-60-36-18-12-30-54(60)55-31-13-19-37-61(55)74)43-67(71)79(82,51-26-8-3-9-27-51)69-45-48(44-68(72(69)76)78(66,81)50-24-6-2-7-25-50)75-62-38-20-14-32-56(62)57-33-15-21-39-63(57)75/h1-45H. The van der Waals surface area contributed by atoms with Gasteiger partial charge in [-0.3, -0.25) is 0 Å². The molecule has 6 heterocycles. The van der Waals surface area contributed by atoms with E-state index in [0.717, 1.165) is 115 Å². The van der Waals surface area contributed by atoms with Crippen molar-refractivity contribution in [3.05, 3.63) is 273 Å². The fourth-order valence-electron chi connectivity index (χ4n) is 14.4. The maximum atomic E-state index is 7.92. The summed E-state index contributed by atoms with van der Waals surface area (Å²) in [5.74, 6) is 0. The monoisotopic (exact) mass is 1150 g/mol. The number of fused-ring (bicyclic) bond motifs is 9.